The number of nitrogens with zero attached hydrogens (tertiary/aromatic N) is 1. The number of aryl methyl sites for hydroxylation is 1. The number of hydrogen-bond donors (Lipinski definition) is 0. The molecule has 1 aliphatic rings. The van der Waals surface area contributed by atoms with Gasteiger partial charge in [-0.1, -0.05) is 38.7 Å². The highest BCUT2D eigenvalue weighted by Gasteiger charge is 2.13. The maximum atomic E-state index is 5.98. The zero-order valence-electron chi connectivity index (χ0n) is 14.8. The van der Waals surface area contributed by atoms with Gasteiger partial charge in [-0.15, -0.1) is 0 Å². The lowest BCUT2D eigenvalue weighted by atomic mass is 9.90. The van der Waals surface area contributed by atoms with Crippen LogP contribution < -0.4 is 4.74 Å². The fourth-order valence-electron chi connectivity index (χ4n) is 3.41. The van der Waals surface area contributed by atoms with Crippen molar-refractivity contribution in [1.29, 1.82) is 0 Å². The van der Waals surface area contributed by atoms with Gasteiger partial charge in [0.2, 0.25) is 0 Å². The van der Waals surface area contributed by atoms with Gasteiger partial charge in [-0.25, -0.2) is 0 Å². The molecule has 3 rings (SSSR count). The highest BCUT2D eigenvalue weighted by atomic mass is 16.5. The maximum Gasteiger partial charge on any atom is 0.119 e. The molecule has 0 amide bonds. The molecular formula is C22H29NO. The molecule has 1 saturated carbocycles. The van der Waals surface area contributed by atoms with Crippen LogP contribution in [-0.2, 0) is 6.42 Å². The maximum absolute atomic E-state index is 5.98. The van der Waals surface area contributed by atoms with Crippen LogP contribution in [0.4, 0.5) is 0 Å². The third kappa shape index (κ3) is 4.83. The molecule has 2 aromatic rings. The number of hydrogen-bond acceptors (Lipinski definition) is 2. The number of rotatable bonds is 7. The van der Waals surface area contributed by atoms with Gasteiger partial charge in [0.15, 0.2) is 0 Å². The first-order valence-corrected chi connectivity index (χ1v) is 9.53. The minimum atomic E-state index is 0.746. The highest BCUT2D eigenvalue weighted by Crippen LogP contribution is 2.26. The first-order chi connectivity index (χ1) is 11.8. The van der Waals surface area contributed by atoms with E-state index in [1.807, 2.05) is 6.20 Å². The molecule has 0 atom stereocenters. The standard InChI is InChI=1S/C22H29NO/c1-2-3-7-18-10-15-22(23-16-18)20-11-13-21(14-12-20)24-17-19-8-5-4-6-9-19/h10-16,19H,2-9,17H2,1H3. The Labute approximate surface area is 146 Å². The predicted molar refractivity (Wildman–Crippen MR) is 100 cm³/mol. The quantitative estimate of drug-likeness (QED) is 0.618. The molecule has 0 radical (unpaired) electrons. The van der Waals surface area contributed by atoms with Crippen LogP contribution in [0.2, 0.25) is 0 Å². The summed E-state index contributed by atoms with van der Waals surface area (Å²) in [5.74, 6) is 1.72. The highest BCUT2D eigenvalue weighted by molar-refractivity contribution is 5.60. The molecule has 0 saturated heterocycles. The van der Waals surface area contributed by atoms with E-state index in [4.69, 9.17) is 4.74 Å². The minimum Gasteiger partial charge on any atom is -0.493 e. The molecule has 1 fully saturated rings. The minimum absolute atomic E-state index is 0.746. The van der Waals surface area contributed by atoms with Crippen LogP contribution in [0.5, 0.6) is 5.75 Å². The lowest BCUT2D eigenvalue weighted by Crippen LogP contribution is -2.15. The van der Waals surface area contributed by atoms with Crippen LogP contribution in [0.1, 0.15) is 57.4 Å². The summed E-state index contributed by atoms with van der Waals surface area (Å²) in [6.07, 6.45) is 12.4. The third-order valence-corrected chi connectivity index (χ3v) is 5.00. The fourth-order valence-corrected chi connectivity index (χ4v) is 3.41. The monoisotopic (exact) mass is 323 g/mol. The summed E-state index contributed by atoms with van der Waals surface area (Å²) in [4.78, 5) is 4.61. The Hall–Kier alpha value is -1.83. The van der Waals surface area contributed by atoms with Crippen molar-refractivity contribution in [3.8, 4) is 17.0 Å². The Morgan fingerprint density at radius 1 is 1.00 bits per heavy atom. The first-order valence-electron chi connectivity index (χ1n) is 9.53. The van der Waals surface area contributed by atoms with Crippen molar-refractivity contribution >= 4 is 0 Å². The van der Waals surface area contributed by atoms with Crippen molar-refractivity contribution in [3.63, 3.8) is 0 Å². The largest absolute Gasteiger partial charge is 0.493 e. The number of aromatic nitrogens is 1. The van der Waals surface area contributed by atoms with E-state index >= 15 is 0 Å². The number of benzene rings is 1. The van der Waals surface area contributed by atoms with E-state index in [0.717, 1.165) is 36.0 Å². The van der Waals surface area contributed by atoms with E-state index < -0.39 is 0 Å². The summed E-state index contributed by atoms with van der Waals surface area (Å²) in [7, 11) is 0. The van der Waals surface area contributed by atoms with Gasteiger partial charge >= 0.3 is 0 Å². The molecular weight excluding hydrogens is 294 g/mol. The van der Waals surface area contributed by atoms with E-state index in [-0.39, 0.29) is 0 Å². The van der Waals surface area contributed by atoms with Gasteiger partial charge in [0.05, 0.1) is 12.3 Å². The van der Waals surface area contributed by atoms with E-state index in [9.17, 15) is 0 Å². The van der Waals surface area contributed by atoms with E-state index in [1.54, 1.807) is 0 Å². The molecule has 24 heavy (non-hydrogen) atoms. The summed E-state index contributed by atoms with van der Waals surface area (Å²) < 4.78 is 5.98. The van der Waals surface area contributed by atoms with Gasteiger partial charge in [-0.05, 0) is 67.5 Å². The summed E-state index contributed by atoms with van der Waals surface area (Å²) in [5, 5.41) is 0. The van der Waals surface area contributed by atoms with E-state index in [1.165, 1.54) is 50.5 Å². The Morgan fingerprint density at radius 3 is 2.46 bits per heavy atom. The van der Waals surface area contributed by atoms with Crippen molar-refractivity contribution < 1.29 is 4.74 Å². The van der Waals surface area contributed by atoms with E-state index in [0.29, 0.717) is 0 Å². The summed E-state index contributed by atoms with van der Waals surface area (Å²) in [6.45, 7) is 3.09. The number of pyridine rings is 1. The normalized spacial score (nSPS) is 15.4. The second kappa shape index (κ2) is 8.86. The summed E-state index contributed by atoms with van der Waals surface area (Å²) in [6, 6.07) is 12.7. The Bertz CT molecular complexity index is 597. The molecule has 128 valence electrons. The molecule has 1 aromatic carbocycles. The SMILES string of the molecule is CCCCc1ccc(-c2ccc(OCC3CCCCC3)cc2)nc1. The number of unbranched alkanes of at least 4 members (excludes halogenated alkanes) is 1. The molecule has 0 N–H and O–H groups in total. The first kappa shape index (κ1) is 17.0. The molecule has 2 nitrogen and oxygen atoms in total. The van der Waals surface area contributed by atoms with E-state index in [2.05, 4.69) is 48.3 Å². The van der Waals surface area contributed by atoms with Gasteiger partial charge in [0, 0.05) is 11.8 Å². The molecule has 0 bridgehead atoms. The molecule has 2 heteroatoms. The zero-order valence-corrected chi connectivity index (χ0v) is 14.8. The molecule has 0 aliphatic heterocycles. The van der Waals surface area contributed by atoms with Crippen LogP contribution in [0.3, 0.4) is 0 Å². The number of ether oxygens (including phenoxy) is 1. The predicted octanol–water partition coefficient (Wildman–Crippen LogP) is 6.05. The Kier molecular flexibility index (Phi) is 6.28. The topological polar surface area (TPSA) is 22.1 Å². The van der Waals surface area contributed by atoms with Crippen LogP contribution in [-0.4, -0.2) is 11.6 Å². The van der Waals surface area contributed by atoms with Crippen molar-refractivity contribution in [2.45, 2.75) is 58.3 Å². The van der Waals surface area contributed by atoms with Crippen LogP contribution in [0.25, 0.3) is 11.3 Å². The van der Waals surface area contributed by atoms with Gasteiger partial charge in [0.1, 0.15) is 5.75 Å². The smallest absolute Gasteiger partial charge is 0.119 e. The van der Waals surface area contributed by atoms with Crippen molar-refractivity contribution in [2.24, 2.45) is 5.92 Å². The van der Waals surface area contributed by atoms with Crippen molar-refractivity contribution in [3.05, 3.63) is 48.2 Å². The lowest BCUT2D eigenvalue weighted by Gasteiger charge is -2.21. The van der Waals surface area contributed by atoms with Gasteiger partial charge < -0.3 is 4.74 Å². The Balaban J connectivity index is 1.55. The summed E-state index contributed by atoms with van der Waals surface area (Å²) in [5.41, 5.74) is 3.52. The van der Waals surface area contributed by atoms with Crippen molar-refractivity contribution in [1.82, 2.24) is 4.98 Å². The zero-order chi connectivity index (χ0) is 16.6. The van der Waals surface area contributed by atoms with Crippen LogP contribution >= 0.6 is 0 Å². The molecule has 1 heterocycles. The van der Waals surface area contributed by atoms with Gasteiger partial charge in [-0.3, -0.25) is 4.98 Å². The second-order valence-corrected chi connectivity index (χ2v) is 6.99. The molecule has 1 aromatic heterocycles. The summed E-state index contributed by atoms with van der Waals surface area (Å²) >= 11 is 0. The average molecular weight is 323 g/mol. The molecule has 0 spiro atoms. The van der Waals surface area contributed by atoms with Crippen LogP contribution in [0.15, 0.2) is 42.6 Å². The van der Waals surface area contributed by atoms with Crippen LogP contribution in [0, 0.1) is 5.92 Å². The lowest BCUT2D eigenvalue weighted by molar-refractivity contribution is 0.209. The molecule has 1 aliphatic carbocycles. The van der Waals surface area contributed by atoms with Gasteiger partial charge in [0.25, 0.3) is 0 Å². The fraction of sp³-hybridized carbons (Fsp3) is 0.500. The third-order valence-electron chi connectivity index (χ3n) is 5.00. The van der Waals surface area contributed by atoms with Gasteiger partial charge in [-0.2, -0.15) is 0 Å². The molecule has 0 unspecified atom stereocenters. The second-order valence-electron chi connectivity index (χ2n) is 6.99. The Morgan fingerprint density at radius 2 is 1.79 bits per heavy atom. The average Bonchev–Trinajstić information content (AvgIpc) is 2.66. The van der Waals surface area contributed by atoms with Crippen molar-refractivity contribution in [2.75, 3.05) is 6.61 Å².